The maximum Gasteiger partial charge on any atom is 0.367 e. The van der Waals surface area contributed by atoms with Gasteiger partial charge in [-0.3, -0.25) is 4.79 Å². The van der Waals surface area contributed by atoms with Crippen molar-refractivity contribution in [3.8, 4) is 11.4 Å². The van der Waals surface area contributed by atoms with Crippen molar-refractivity contribution in [2.45, 2.75) is 37.5 Å². The van der Waals surface area contributed by atoms with Crippen LogP contribution in [-0.4, -0.2) is 60.5 Å². The molecule has 2 aromatic heterocycles. The van der Waals surface area contributed by atoms with Gasteiger partial charge in [0.1, 0.15) is 23.5 Å². The van der Waals surface area contributed by atoms with Crippen LogP contribution < -0.4 is 15.2 Å². The first-order valence-corrected chi connectivity index (χ1v) is 13.8. The highest BCUT2D eigenvalue weighted by atomic mass is 32.2. The van der Waals surface area contributed by atoms with Crippen molar-refractivity contribution >= 4 is 22.5 Å². The van der Waals surface area contributed by atoms with Crippen molar-refractivity contribution in [3.05, 3.63) is 80.4 Å². The minimum atomic E-state index is -1.52. The van der Waals surface area contributed by atoms with Crippen molar-refractivity contribution in [3.63, 3.8) is 0 Å². The second-order valence-corrected chi connectivity index (χ2v) is 10.8. The highest BCUT2D eigenvalue weighted by Gasteiger charge is 2.29. The average Bonchev–Trinajstić information content (AvgIpc) is 3.43. The van der Waals surface area contributed by atoms with Gasteiger partial charge in [-0.05, 0) is 59.9 Å². The summed E-state index contributed by atoms with van der Waals surface area (Å²) >= 11 is 0. The average molecular weight is 561 g/mol. The summed E-state index contributed by atoms with van der Waals surface area (Å²) in [6.07, 6.45) is 6.16. The Morgan fingerprint density at radius 1 is 1.10 bits per heavy atom. The van der Waals surface area contributed by atoms with Gasteiger partial charge in [0.05, 0.1) is 40.3 Å². The first kappa shape index (κ1) is 26.8. The second-order valence-electron chi connectivity index (χ2n) is 9.35. The third-order valence-corrected chi connectivity index (χ3v) is 8.28. The SMILES string of the molecule is O=c1c(OC2CCCC2)c(N2CCN(S(=O)Cc3cccnc3[N+](=O)[O-])CC2)cnn1-c1cc(F)cc(F)c1. The lowest BCUT2D eigenvalue weighted by Crippen LogP contribution is -2.47. The Morgan fingerprint density at radius 2 is 1.79 bits per heavy atom. The first-order valence-electron chi connectivity index (χ1n) is 12.5. The molecule has 2 fully saturated rings. The number of ether oxygens (including phenoxy) is 1. The molecule has 0 amide bonds. The van der Waals surface area contributed by atoms with Gasteiger partial charge in [-0.2, -0.15) is 9.78 Å². The van der Waals surface area contributed by atoms with Crippen molar-refractivity contribution in [1.82, 2.24) is 19.1 Å². The lowest BCUT2D eigenvalue weighted by atomic mass is 10.2. The van der Waals surface area contributed by atoms with E-state index >= 15 is 0 Å². The van der Waals surface area contributed by atoms with Gasteiger partial charge in [-0.1, -0.05) is 0 Å². The number of halogens is 2. The molecule has 14 heteroatoms. The maximum atomic E-state index is 13.9. The number of benzene rings is 1. The number of hydrogen-bond donors (Lipinski definition) is 0. The van der Waals surface area contributed by atoms with Crippen molar-refractivity contribution in [2.75, 3.05) is 31.1 Å². The highest BCUT2D eigenvalue weighted by molar-refractivity contribution is 7.81. The Bertz CT molecular complexity index is 1440. The van der Waals surface area contributed by atoms with Gasteiger partial charge in [0.15, 0.2) is 0 Å². The fourth-order valence-electron chi connectivity index (χ4n) is 4.85. The Labute approximate surface area is 224 Å². The van der Waals surface area contributed by atoms with Crippen LogP contribution in [0.15, 0.2) is 47.5 Å². The maximum absolute atomic E-state index is 13.9. The zero-order chi connectivity index (χ0) is 27.5. The van der Waals surface area contributed by atoms with Crippen molar-refractivity contribution < 1.29 is 22.6 Å². The number of nitro groups is 1. The van der Waals surface area contributed by atoms with E-state index < -0.39 is 33.1 Å². The summed E-state index contributed by atoms with van der Waals surface area (Å²) in [6, 6.07) is 5.87. The smallest absolute Gasteiger partial charge is 0.367 e. The molecule has 1 saturated heterocycles. The van der Waals surface area contributed by atoms with Crippen LogP contribution in [0.2, 0.25) is 0 Å². The van der Waals surface area contributed by atoms with Crippen LogP contribution >= 0.6 is 0 Å². The van der Waals surface area contributed by atoms with Crippen LogP contribution in [0.3, 0.4) is 0 Å². The quantitative estimate of drug-likeness (QED) is 0.304. The number of aromatic nitrogens is 3. The molecule has 0 N–H and O–H groups in total. The first-order chi connectivity index (χ1) is 18.8. The largest absolute Gasteiger partial charge is 0.483 e. The predicted molar refractivity (Wildman–Crippen MR) is 139 cm³/mol. The Kier molecular flexibility index (Phi) is 7.93. The molecule has 1 saturated carbocycles. The number of rotatable bonds is 8. The lowest BCUT2D eigenvalue weighted by molar-refractivity contribution is -0.390. The topological polar surface area (TPSA) is 124 Å². The van der Waals surface area contributed by atoms with E-state index in [1.54, 1.807) is 10.4 Å². The van der Waals surface area contributed by atoms with Gasteiger partial charge >= 0.3 is 11.4 Å². The number of piperazine rings is 1. The molecule has 0 bridgehead atoms. The van der Waals surface area contributed by atoms with E-state index in [9.17, 15) is 27.9 Å². The Hall–Kier alpha value is -3.78. The molecular weight excluding hydrogens is 534 g/mol. The molecule has 0 radical (unpaired) electrons. The molecule has 1 aromatic carbocycles. The molecule has 3 heterocycles. The lowest BCUT2D eigenvalue weighted by Gasteiger charge is -2.35. The van der Waals surface area contributed by atoms with Gasteiger partial charge in [-0.25, -0.2) is 17.3 Å². The van der Waals surface area contributed by atoms with E-state index in [0.29, 0.717) is 31.9 Å². The van der Waals surface area contributed by atoms with Gasteiger partial charge < -0.3 is 19.8 Å². The molecule has 39 heavy (non-hydrogen) atoms. The number of hydrogen-bond acceptors (Lipinski definition) is 8. The molecule has 1 aliphatic heterocycles. The molecular formula is C25H26F2N6O5S. The van der Waals surface area contributed by atoms with Crippen LogP contribution in [0.1, 0.15) is 31.2 Å². The second kappa shape index (κ2) is 11.5. The van der Waals surface area contributed by atoms with E-state index in [0.717, 1.165) is 48.6 Å². The highest BCUT2D eigenvalue weighted by Crippen LogP contribution is 2.30. The summed E-state index contributed by atoms with van der Waals surface area (Å²) < 4.78 is 49.5. The van der Waals surface area contributed by atoms with Crippen LogP contribution in [-0.2, 0) is 16.7 Å². The summed E-state index contributed by atoms with van der Waals surface area (Å²) in [5.74, 6) is -1.96. The summed E-state index contributed by atoms with van der Waals surface area (Å²) in [7, 11) is -1.52. The van der Waals surface area contributed by atoms with Crippen LogP contribution in [0, 0.1) is 21.7 Å². The van der Waals surface area contributed by atoms with Gasteiger partial charge in [-0.15, -0.1) is 0 Å². The normalized spacial score (nSPS) is 17.3. The monoisotopic (exact) mass is 560 g/mol. The van der Waals surface area contributed by atoms with E-state index in [1.807, 2.05) is 4.90 Å². The third-order valence-electron chi connectivity index (χ3n) is 6.78. The van der Waals surface area contributed by atoms with Crippen LogP contribution in [0.25, 0.3) is 5.69 Å². The standard InChI is InChI=1S/C25H26F2N6O5S/c26-18-12-19(27)14-20(13-18)32-25(34)23(38-21-5-1-2-6-21)22(15-29-32)30-8-10-31(11-9-30)39(37)16-17-4-3-7-28-24(17)33(35)36/h3-4,7,12-15,21H,1-2,5-6,8-11,16H2. The number of anilines is 1. The molecule has 1 atom stereocenters. The van der Waals surface area contributed by atoms with Crippen LogP contribution in [0.5, 0.6) is 5.75 Å². The minimum absolute atomic E-state index is 0.0397. The molecule has 2 aliphatic rings. The molecule has 11 nitrogen and oxygen atoms in total. The summed E-state index contributed by atoms with van der Waals surface area (Å²) in [4.78, 5) is 29.8. The van der Waals surface area contributed by atoms with E-state index in [4.69, 9.17) is 4.74 Å². The summed E-state index contributed by atoms with van der Waals surface area (Å²) in [6.45, 7) is 1.51. The van der Waals surface area contributed by atoms with Crippen LogP contribution in [0.4, 0.5) is 20.3 Å². The zero-order valence-electron chi connectivity index (χ0n) is 20.9. The number of pyridine rings is 1. The third kappa shape index (κ3) is 5.96. The molecule has 1 aliphatic carbocycles. The van der Waals surface area contributed by atoms with Crippen molar-refractivity contribution in [2.24, 2.45) is 0 Å². The van der Waals surface area contributed by atoms with Crippen molar-refractivity contribution in [1.29, 1.82) is 0 Å². The summed E-state index contributed by atoms with van der Waals surface area (Å²) in [5, 5.41) is 15.4. The molecule has 1 unspecified atom stereocenters. The zero-order valence-corrected chi connectivity index (χ0v) is 21.7. The Morgan fingerprint density at radius 3 is 2.46 bits per heavy atom. The Balaban J connectivity index is 1.36. The fraction of sp³-hybridized carbons (Fsp3) is 0.400. The van der Waals surface area contributed by atoms with E-state index in [2.05, 4.69) is 10.1 Å². The fourth-order valence-corrected chi connectivity index (χ4v) is 6.09. The number of nitrogens with zero attached hydrogens (tertiary/aromatic N) is 6. The molecule has 5 rings (SSSR count). The van der Waals surface area contributed by atoms with Gasteiger partial charge in [0.2, 0.25) is 5.75 Å². The minimum Gasteiger partial charge on any atom is -0.483 e. The predicted octanol–water partition coefficient (Wildman–Crippen LogP) is 3.12. The van der Waals surface area contributed by atoms with E-state index in [1.165, 1.54) is 18.5 Å². The van der Waals surface area contributed by atoms with Gasteiger partial charge in [0.25, 0.3) is 0 Å². The molecule has 206 valence electrons. The summed E-state index contributed by atoms with van der Waals surface area (Å²) in [5.41, 5.74) is 0.0646. The van der Waals surface area contributed by atoms with E-state index in [-0.39, 0.29) is 34.7 Å². The molecule has 3 aromatic rings. The van der Waals surface area contributed by atoms with Gasteiger partial charge in [0, 0.05) is 32.2 Å². The molecule has 0 spiro atoms.